The summed E-state index contributed by atoms with van der Waals surface area (Å²) < 4.78 is 69.5. The molecule has 0 spiro atoms. The van der Waals surface area contributed by atoms with Crippen molar-refractivity contribution in [2.75, 3.05) is 30.9 Å². The van der Waals surface area contributed by atoms with Crippen LogP contribution in [0, 0.1) is 11.8 Å². The zero-order chi connectivity index (χ0) is 53.8. The molecule has 5 aromatic rings. The van der Waals surface area contributed by atoms with Gasteiger partial charge in [-0.1, -0.05) is 68.7 Å². The Morgan fingerprint density at radius 3 is 2.43 bits per heavy atom. The lowest BCUT2D eigenvalue weighted by Crippen LogP contribution is -2.50. The number of ether oxygens (including phenoxy) is 3. The van der Waals surface area contributed by atoms with Gasteiger partial charge < -0.3 is 45.1 Å². The predicted molar refractivity (Wildman–Crippen MR) is 274 cm³/mol. The maximum Gasteiger partial charge on any atom is 0.410 e. The molecule has 2 aliphatic heterocycles. The molecule has 75 heavy (non-hydrogen) atoms. The van der Waals surface area contributed by atoms with Crippen molar-refractivity contribution in [1.82, 2.24) is 39.7 Å². The van der Waals surface area contributed by atoms with Gasteiger partial charge in [0.1, 0.15) is 43.4 Å². The van der Waals surface area contributed by atoms with Crippen LogP contribution in [-0.4, -0.2) is 126 Å². The number of benzene rings is 2. The first-order valence-electron chi connectivity index (χ1n) is 23.4. The van der Waals surface area contributed by atoms with Crippen LogP contribution >= 0.6 is 38.1 Å². The van der Waals surface area contributed by atoms with Crippen LogP contribution < -0.4 is 32.0 Å². The molecule has 3 fully saturated rings. The van der Waals surface area contributed by atoms with Crippen molar-refractivity contribution in [3.63, 3.8) is 0 Å². The number of aliphatic hydroxyl groups excluding tert-OH is 1. The van der Waals surface area contributed by atoms with Gasteiger partial charge >= 0.3 is 19.7 Å². The van der Waals surface area contributed by atoms with Gasteiger partial charge in [0.25, 0.3) is 11.5 Å². The number of carbonyl (C=O) groups is 4. The first-order valence-corrected chi connectivity index (χ1v) is 28.8. The molecular weight excluding hydrogens is 1060 g/mol. The molecule has 1 saturated carbocycles. The fraction of sp³-hybridized carbons (Fsp3) is 0.444. The summed E-state index contributed by atoms with van der Waals surface area (Å²) in [6.07, 6.45) is -3.46. The molecule has 11 atom stereocenters. The molecule has 2 bridgehead atoms. The number of nitrogens with zero attached hydrogens (tertiary/aromatic N) is 6. The molecule has 0 unspecified atom stereocenters. The smallest absolute Gasteiger partial charge is 0.410 e. The van der Waals surface area contributed by atoms with Gasteiger partial charge in [0.15, 0.2) is 17.4 Å². The van der Waals surface area contributed by atoms with Crippen LogP contribution in [-0.2, 0) is 59.4 Å². The van der Waals surface area contributed by atoms with E-state index in [9.17, 15) is 38.2 Å². The van der Waals surface area contributed by atoms with Crippen molar-refractivity contribution < 1.29 is 65.7 Å². The Bertz CT molecular complexity index is 3050. The van der Waals surface area contributed by atoms with Gasteiger partial charge in [-0.25, -0.2) is 28.9 Å². The molecule has 2 saturated heterocycles. The highest BCUT2D eigenvalue weighted by Gasteiger charge is 2.51. The van der Waals surface area contributed by atoms with Crippen LogP contribution in [0.2, 0.25) is 0 Å². The lowest BCUT2D eigenvalue weighted by molar-refractivity contribution is -0.127. The number of thiol groups is 2. The Morgan fingerprint density at radius 2 is 1.69 bits per heavy atom. The molecule has 7 N–H and O–H groups in total. The zero-order valence-corrected chi connectivity index (χ0v) is 44.2. The lowest BCUT2D eigenvalue weighted by atomic mass is 10.0. The first-order chi connectivity index (χ1) is 35.6. The van der Waals surface area contributed by atoms with Crippen molar-refractivity contribution in [2.45, 2.75) is 95.6 Å². The van der Waals surface area contributed by atoms with E-state index in [2.05, 4.69) is 65.4 Å². The van der Waals surface area contributed by atoms with Crippen molar-refractivity contribution >= 4 is 84.7 Å². The van der Waals surface area contributed by atoms with Gasteiger partial charge in [0.05, 0.1) is 31.7 Å². The predicted octanol–water partition coefficient (Wildman–Crippen LogP) is 4.37. The molecule has 402 valence electrons. The molecule has 4 amide bonds. The molecule has 1 aliphatic carbocycles. The van der Waals surface area contributed by atoms with Crippen LogP contribution in [0.4, 0.5) is 16.4 Å². The maximum atomic E-state index is 13.9. The number of carbonyl (C=O) groups excluding carboxylic acids is 4. The third-order valence-corrected chi connectivity index (χ3v) is 15.7. The summed E-state index contributed by atoms with van der Waals surface area (Å²) in [6.45, 7) is -4.41. The number of anilines is 2. The number of aromatic nitrogens is 6. The van der Waals surface area contributed by atoms with Crippen molar-refractivity contribution in [3.05, 3.63) is 100 Å². The summed E-state index contributed by atoms with van der Waals surface area (Å²) in [5.41, 5.74) is 6.28. The van der Waals surface area contributed by atoms with E-state index < -0.39 is 104 Å². The summed E-state index contributed by atoms with van der Waals surface area (Å²) in [6, 6.07) is 12.9. The number of fused-ring (bicyclic) bond motifs is 4. The number of amides is 4. The van der Waals surface area contributed by atoms with E-state index in [4.69, 9.17) is 38.0 Å². The van der Waals surface area contributed by atoms with Gasteiger partial charge in [-0.2, -0.15) is 4.98 Å². The number of hydrogen-bond donors (Lipinski definition) is 8. The number of nitrogens with two attached hydrogens (primary N) is 1. The van der Waals surface area contributed by atoms with E-state index in [1.54, 1.807) is 69.3 Å². The molecule has 0 radical (unpaired) electrons. The van der Waals surface area contributed by atoms with Crippen LogP contribution in [0.3, 0.4) is 0 Å². The highest BCUT2D eigenvalue weighted by Crippen LogP contribution is 2.60. The van der Waals surface area contributed by atoms with Crippen LogP contribution in [0.5, 0.6) is 5.88 Å². The van der Waals surface area contributed by atoms with Crippen LogP contribution in [0.15, 0.2) is 78.2 Å². The number of hydrogen-bond acceptors (Lipinski definition) is 20. The molecule has 30 heteroatoms. The molecule has 2 aromatic carbocycles. The monoisotopic (exact) mass is 1120 g/mol. The molecular formula is C45H55N11O15P2S2. The van der Waals surface area contributed by atoms with Gasteiger partial charge in [-0.15, -0.1) is 0 Å². The average molecular weight is 1120 g/mol. The zero-order valence-electron chi connectivity index (χ0n) is 40.7. The average Bonchev–Trinajstić information content (AvgIpc) is 4.06. The molecule has 26 nitrogen and oxygen atoms in total. The van der Waals surface area contributed by atoms with Gasteiger partial charge in [-0.05, 0) is 48.6 Å². The van der Waals surface area contributed by atoms with E-state index in [1.165, 1.54) is 35.1 Å². The van der Waals surface area contributed by atoms with E-state index in [1.807, 2.05) is 0 Å². The number of imidazole rings is 1. The summed E-state index contributed by atoms with van der Waals surface area (Å²) >= 11 is 8.41. The quantitative estimate of drug-likeness (QED) is 0.0565. The van der Waals surface area contributed by atoms with Gasteiger partial charge in [0, 0.05) is 49.4 Å². The topological polar surface area (TPSA) is 342 Å². The highest BCUT2D eigenvalue weighted by molar-refractivity contribution is 8.44. The standard InChI is InChI=1S/C45H55N11O15P2S2/c1-23(2)34(46)41(60)50-24(3)39(58)51-28-11-9-25(10-12-28)18-65-45(62)55(4)17-26-7-5-6-8-30(26)40(59)53-44-52-38-35(42(61)54-44)49-22-56(38)43-37-36(57)32(69-43)20-67-72(63,74)70-31-16-29(68-33-13-14-47-21-48-33)15-27(31)19-66-73(64,75)71-37/h5-14,21-24,27,29,31-32,34,36-37,43,57H,15-20,46H2,1-4H3,(H,50,60)(H,51,58)(H,63,74)(H,64,75)(H2,52,53,54,59,61)/t24-,27+,29+,31-,32+,34-,36+,37+,43+,72+,73+/m0/s1. The summed E-state index contributed by atoms with van der Waals surface area (Å²) in [7, 11) is 1.48. The minimum Gasteiger partial charge on any atom is -0.474 e. The van der Waals surface area contributed by atoms with Crippen LogP contribution in [0.1, 0.15) is 61.3 Å². The van der Waals surface area contributed by atoms with Crippen molar-refractivity contribution in [2.24, 2.45) is 17.6 Å². The number of aromatic amines is 1. The third kappa shape index (κ3) is 13.8. The Morgan fingerprint density at radius 1 is 0.960 bits per heavy atom. The SMILES string of the molecule is CC(C)[C@H](N)C(=O)N[C@@H](C)C(=O)Nc1ccc(COC(=O)N(C)Cc2ccccc2C(=O)Nc2nc3c(ncn3[C@@H]3O[C@@H]4CO[P@@](=O)(S)O[C@H]5C[C@H](Oc6ccncn6)C[C@@H]5CO[P@@](=O)(S)O[C@@H]3[C@@H]4O)c(=O)[nH]2)cc1. The second-order valence-corrected chi connectivity index (χ2v) is 24.0. The lowest BCUT2D eigenvalue weighted by Gasteiger charge is -2.26. The minimum atomic E-state index is -4.36. The Balaban J connectivity index is 0.910. The van der Waals surface area contributed by atoms with Crippen molar-refractivity contribution in [3.8, 4) is 5.88 Å². The summed E-state index contributed by atoms with van der Waals surface area (Å²) in [4.78, 5) is 85.8. The number of nitrogens with one attached hydrogen (secondary N) is 4. The third-order valence-electron chi connectivity index (χ3n) is 12.4. The van der Waals surface area contributed by atoms with E-state index in [0.29, 0.717) is 29.1 Å². The number of H-pyrrole nitrogens is 1. The number of rotatable bonds is 14. The molecule has 5 heterocycles. The largest absolute Gasteiger partial charge is 0.474 e. The summed E-state index contributed by atoms with van der Waals surface area (Å²) in [5.74, 6) is -2.31. The van der Waals surface area contributed by atoms with Gasteiger partial charge in [0.2, 0.25) is 23.6 Å². The Hall–Kier alpha value is -5.77. The van der Waals surface area contributed by atoms with Crippen LogP contribution in [0.25, 0.3) is 11.2 Å². The fourth-order valence-corrected chi connectivity index (χ4v) is 11.4. The van der Waals surface area contributed by atoms with E-state index in [-0.39, 0.29) is 54.8 Å². The van der Waals surface area contributed by atoms with Gasteiger partial charge in [-0.3, -0.25) is 47.6 Å². The molecule has 8 rings (SSSR count). The first kappa shape index (κ1) is 55.5. The Labute approximate surface area is 438 Å². The second-order valence-electron chi connectivity index (χ2n) is 18.3. The normalized spacial score (nSPS) is 26.7. The van der Waals surface area contributed by atoms with Crippen molar-refractivity contribution in [1.29, 1.82) is 0 Å². The Kier molecular flexibility index (Phi) is 17.5. The number of aliphatic hydroxyl groups is 1. The fourth-order valence-electron chi connectivity index (χ4n) is 8.31. The molecule has 3 aliphatic rings. The maximum absolute atomic E-state index is 13.9. The summed E-state index contributed by atoms with van der Waals surface area (Å²) in [5, 5.41) is 19.4. The van der Waals surface area contributed by atoms with E-state index in [0.717, 1.165) is 6.33 Å². The minimum absolute atomic E-state index is 0.0820. The van der Waals surface area contributed by atoms with E-state index >= 15 is 0 Å². The highest BCUT2D eigenvalue weighted by atomic mass is 32.7. The molecule has 3 aromatic heterocycles. The second kappa shape index (κ2) is 23.6.